The lowest BCUT2D eigenvalue weighted by Gasteiger charge is -2.40. The molecule has 0 aliphatic carbocycles. The van der Waals surface area contributed by atoms with E-state index in [9.17, 15) is 9.90 Å². The van der Waals surface area contributed by atoms with E-state index in [0.717, 1.165) is 25.7 Å². The average Bonchev–Trinajstić information content (AvgIpc) is 2.49. The fourth-order valence-electron chi connectivity index (χ4n) is 3.28. The molecular formula is C12H21NO2. The number of aliphatic hydroxyl groups excluding tert-OH is 1. The molecule has 3 heteroatoms. The molecule has 2 aliphatic rings. The summed E-state index contributed by atoms with van der Waals surface area (Å²) in [6.45, 7) is 3.95. The quantitative estimate of drug-likeness (QED) is 0.766. The lowest BCUT2D eigenvalue weighted by atomic mass is 9.96. The molecule has 0 radical (unpaired) electrons. The van der Waals surface area contributed by atoms with E-state index in [0.29, 0.717) is 24.3 Å². The minimum atomic E-state index is -0.136. The summed E-state index contributed by atoms with van der Waals surface area (Å²) >= 11 is 0. The maximum absolute atomic E-state index is 11.7. The normalized spacial score (nSPS) is 37.9. The fourth-order valence-corrected chi connectivity index (χ4v) is 3.28. The Morgan fingerprint density at radius 2 is 1.93 bits per heavy atom. The van der Waals surface area contributed by atoms with Gasteiger partial charge in [0.05, 0.1) is 12.1 Å². The highest BCUT2D eigenvalue weighted by molar-refractivity contribution is 5.83. The second-order valence-electron chi connectivity index (χ2n) is 4.95. The Bertz CT molecular complexity index is 240. The Labute approximate surface area is 91.5 Å². The highest BCUT2D eigenvalue weighted by Crippen LogP contribution is 2.37. The van der Waals surface area contributed by atoms with Crippen LogP contribution in [0.5, 0.6) is 0 Å². The number of piperidine rings is 1. The molecule has 3 atom stereocenters. The first-order valence-electron chi connectivity index (χ1n) is 6.11. The van der Waals surface area contributed by atoms with E-state index in [1.165, 1.54) is 0 Å². The smallest absolute Gasteiger partial charge is 0.149 e. The summed E-state index contributed by atoms with van der Waals surface area (Å²) in [4.78, 5) is 14.1. The van der Waals surface area contributed by atoms with Crippen LogP contribution in [0, 0.1) is 0 Å². The number of carbonyl (C=O) groups is 1. The van der Waals surface area contributed by atoms with Gasteiger partial charge in [-0.3, -0.25) is 9.69 Å². The number of rotatable bonds is 3. The summed E-state index contributed by atoms with van der Waals surface area (Å²) in [5.74, 6) is 0.336. The molecule has 86 valence electrons. The highest BCUT2D eigenvalue weighted by atomic mass is 16.3. The Balaban J connectivity index is 2.07. The van der Waals surface area contributed by atoms with E-state index in [1.54, 1.807) is 0 Å². The van der Waals surface area contributed by atoms with Gasteiger partial charge in [0.15, 0.2) is 0 Å². The Morgan fingerprint density at radius 1 is 1.40 bits per heavy atom. The fraction of sp³-hybridized carbons (Fsp3) is 0.917. The van der Waals surface area contributed by atoms with Crippen LogP contribution in [-0.2, 0) is 4.79 Å². The van der Waals surface area contributed by atoms with Crippen molar-refractivity contribution < 1.29 is 9.90 Å². The van der Waals surface area contributed by atoms with E-state index in [1.807, 2.05) is 13.8 Å². The van der Waals surface area contributed by atoms with Gasteiger partial charge in [0, 0.05) is 18.5 Å². The SMILES string of the molecule is CCC(=O)C(C)N1C2CCC1CC(O)C2. The summed E-state index contributed by atoms with van der Waals surface area (Å²) < 4.78 is 0. The first-order chi connectivity index (χ1) is 7.13. The summed E-state index contributed by atoms with van der Waals surface area (Å²) in [6, 6.07) is 0.952. The van der Waals surface area contributed by atoms with E-state index in [4.69, 9.17) is 0 Å². The van der Waals surface area contributed by atoms with Gasteiger partial charge in [-0.2, -0.15) is 0 Å². The number of ketones is 1. The van der Waals surface area contributed by atoms with Crippen LogP contribution in [0.2, 0.25) is 0 Å². The van der Waals surface area contributed by atoms with Crippen LogP contribution >= 0.6 is 0 Å². The second kappa shape index (κ2) is 4.22. The van der Waals surface area contributed by atoms with Crippen molar-refractivity contribution in [3.8, 4) is 0 Å². The molecule has 0 amide bonds. The van der Waals surface area contributed by atoms with Crippen molar-refractivity contribution in [1.29, 1.82) is 0 Å². The zero-order valence-electron chi connectivity index (χ0n) is 9.65. The predicted octanol–water partition coefficient (Wildman–Crippen LogP) is 1.34. The first-order valence-corrected chi connectivity index (χ1v) is 6.11. The molecule has 0 aromatic carbocycles. The third kappa shape index (κ3) is 1.95. The molecule has 3 unspecified atom stereocenters. The first kappa shape index (κ1) is 11.1. The van der Waals surface area contributed by atoms with Crippen molar-refractivity contribution in [2.75, 3.05) is 0 Å². The molecule has 2 bridgehead atoms. The number of nitrogens with zero attached hydrogens (tertiary/aromatic N) is 1. The van der Waals surface area contributed by atoms with Crippen molar-refractivity contribution in [3.05, 3.63) is 0 Å². The van der Waals surface area contributed by atoms with Crippen LogP contribution < -0.4 is 0 Å². The summed E-state index contributed by atoms with van der Waals surface area (Å²) in [5.41, 5.74) is 0. The lowest BCUT2D eigenvalue weighted by molar-refractivity contribution is -0.126. The van der Waals surface area contributed by atoms with Crippen molar-refractivity contribution in [1.82, 2.24) is 4.90 Å². The molecule has 2 rings (SSSR count). The Kier molecular flexibility index (Phi) is 3.12. The summed E-state index contributed by atoms with van der Waals surface area (Å²) in [6.07, 6.45) is 4.52. The van der Waals surface area contributed by atoms with Crippen LogP contribution in [0.3, 0.4) is 0 Å². The predicted molar refractivity (Wildman–Crippen MR) is 58.6 cm³/mol. The van der Waals surface area contributed by atoms with Gasteiger partial charge < -0.3 is 5.11 Å². The van der Waals surface area contributed by atoms with Crippen molar-refractivity contribution in [2.24, 2.45) is 0 Å². The monoisotopic (exact) mass is 211 g/mol. The number of aliphatic hydroxyl groups is 1. The van der Waals surface area contributed by atoms with Crippen LogP contribution in [0.1, 0.15) is 46.0 Å². The molecule has 3 nitrogen and oxygen atoms in total. The summed E-state index contributed by atoms with van der Waals surface area (Å²) in [5, 5.41) is 9.67. The van der Waals surface area contributed by atoms with Gasteiger partial charge in [0.2, 0.25) is 0 Å². The maximum Gasteiger partial charge on any atom is 0.149 e. The number of Topliss-reactive ketones (excluding diaryl/α,β-unsaturated/α-hetero) is 1. The molecule has 0 aromatic heterocycles. The molecule has 0 spiro atoms. The van der Waals surface area contributed by atoms with Crippen LogP contribution in [0.4, 0.5) is 0 Å². The molecule has 0 saturated carbocycles. The summed E-state index contributed by atoms with van der Waals surface area (Å²) in [7, 11) is 0. The molecule has 2 saturated heterocycles. The van der Waals surface area contributed by atoms with Gasteiger partial charge in [-0.15, -0.1) is 0 Å². The molecular weight excluding hydrogens is 190 g/mol. The van der Waals surface area contributed by atoms with E-state index >= 15 is 0 Å². The zero-order valence-corrected chi connectivity index (χ0v) is 9.65. The minimum absolute atomic E-state index is 0.0556. The third-order valence-electron chi connectivity index (χ3n) is 4.03. The average molecular weight is 211 g/mol. The highest BCUT2D eigenvalue weighted by Gasteiger charge is 2.43. The zero-order chi connectivity index (χ0) is 11.0. The maximum atomic E-state index is 11.7. The standard InChI is InChI=1S/C12H21NO2/c1-3-12(15)8(2)13-9-4-5-10(13)7-11(14)6-9/h8-11,14H,3-7H2,1-2H3. The van der Waals surface area contributed by atoms with Gasteiger partial charge in [0.1, 0.15) is 5.78 Å². The Morgan fingerprint density at radius 3 is 2.40 bits per heavy atom. The number of hydrogen-bond acceptors (Lipinski definition) is 3. The van der Waals surface area contributed by atoms with Crippen molar-refractivity contribution in [3.63, 3.8) is 0 Å². The minimum Gasteiger partial charge on any atom is -0.393 e. The van der Waals surface area contributed by atoms with Gasteiger partial charge in [0.25, 0.3) is 0 Å². The molecule has 2 fully saturated rings. The van der Waals surface area contributed by atoms with E-state index < -0.39 is 0 Å². The van der Waals surface area contributed by atoms with Gasteiger partial charge >= 0.3 is 0 Å². The molecule has 2 aliphatic heterocycles. The molecule has 1 N–H and O–H groups in total. The topological polar surface area (TPSA) is 40.5 Å². The number of hydrogen-bond donors (Lipinski definition) is 1. The molecule has 2 heterocycles. The van der Waals surface area contributed by atoms with Gasteiger partial charge in [-0.1, -0.05) is 6.92 Å². The van der Waals surface area contributed by atoms with E-state index in [-0.39, 0.29) is 12.1 Å². The Hall–Kier alpha value is -0.410. The molecule has 15 heavy (non-hydrogen) atoms. The second-order valence-corrected chi connectivity index (χ2v) is 4.95. The third-order valence-corrected chi connectivity index (χ3v) is 4.03. The largest absolute Gasteiger partial charge is 0.393 e. The van der Waals surface area contributed by atoms with Crippen molar-refractivity contribution in [2.45, 2.75) is 70.2 Å². The van der Waals surface area contributed by atoms with Crippen LogP contribution in [0.25, 0.3) is 0 Å². The van der Waals surface area contributed by atoms with Crippen molar-refractivity contribution >= 4 is 5.78 Å². The van der Waals surface area contributed by atoms with E-state index in [2.05, 4.69) is 4.90 Å². The number of carbonyl (C=O) groups excluding carboxylic acids is 1. The van der Waals surface area contributed by atoms with Crippen LogP contribution in [0.15, 0.2) is 0 Å². The lowest BCUT2D eigenvalue weighted by Crippen LogP contribution is -2.51. The van der Waals surface area contributed by atoms with Gasteiger partial charge in [-0.25, -0.2) is 0 Å². The number of fused-ring (bicyclic) bond motifs is 2. The van der Waals surface area contributed by atoms with Gasteiger partial charge in [-0.05, 0) is 32.6 Å². The van der Waals surface area contributed by atoms with Crippen LogP contribution in [-0.4, -0.2) is 40.0 Å². The molecule has 0 aromatic rings.